The van der Waals surface area contributed by atoms with E-state index >= 15 is 0 Å². The minimum absolute atomic E-state index is 0.0783. The Morgan fingerprint density at radius 1 is 1.12 bits per heavy atom. The van der Waals surface area contributed by atoms with Gasteiger partial charge in [0.05, 0.1) is 5.56 Å². The second-order valence-corrected chi connectivity index (χ2v) is 6.21. The van der Waals surface area contributed by atoms with Crippen molar-refractivity contribution in [2.24, 2.45) is 0 Å². The number of aliphatic carboxylic acids is 1. The van der Waals surface area contributed by atoms with Crippen LogP contribution < -0.4 is 5.32 Å². The number of fused-ring (bicyclic) bond motifs is 1. The number of carboxylic acid groups (broad SMARTS) is 1. The van der Waals surface area contributed by atoms with Gasteiger partial charge in [-0.1, -0.05) is 41.9 Å². The summed E-state index contributed by atoms with van der Waals surface area (Å²) in [5, 5.41) is 12.6. The molecule has 0 aliphatic rings. The highest BCUT2D eigenvalue weighted by atomic mass is 35.5. The Bertz CT molecular complexity index is 982. The molecule has 0 saturated heterocycles. The average molecular weight is 371 g/mol. The van der Waals surface area contributed by atoms with E-state index in [1.54, 1.807) is 42.5 Å². The van der Waals surface area contributed by atoms with Crippen molar-refractivity contribution in [3.63, 3.8) is 0 Å². The van der Waals surface area contributed by atoms with Crippen molar-refractivity contribution in [3.05, 3.63) is 70.9 Å². The number of carbonyl (C=O) groups is 3. The summed E-state index contributed by atoms with van der Waals surface area (Å²) in [6, 6.07) is 12.6. The summed E-state index contributed by atoms with van der Waals surface area (Å²) in [4.78, 5) is 39.1. The Labute approximate surface area is 153 Å². The Kier molecular flexibility index (Phi) is 5.04. The minimum atomic E-state index is -1.21. The third kappa shape index (κ3) is 3.75. The van der Waals surface area contributed by atoms with Crippen LogP contribution in [0.25, 0.3) is 10.9 Å². The molecule has 132 valence electrons. The highest BCUT2D eigenvalue weighted by Crippen LogP contribution is 2.22. The molecule has 0 saturated carbocycles. The number of halogens is 1. The smallest absolute Gasteiger partial charge is 0.326 e. The molecular weight excluding hydrogens is 356 g/mol. The summed E-state index contributed by atoms with van der Waals surface area (Å²) in [5.41, 5.74) is 1.54. The van der Waals surface area contributed by atoms with E-state index in [4.69, 9.17) is 11.6 Å². The fourth-order valence-electron chi connectivity index (χ4n) is 2.68. The number of benzene rings is 2. The van der Waals surface area contributed by atoms with E-state index in [-0.39, 0.29) is 12.0 Å². The van der Waals surface area contributed by atoms with Crippen LogP contribution in [-0.2, 0) is 16.0 Å². The molecule has 26 heavy (non-hydrogen) atoms. The number of amides is 1. The van der Waals surface area contributed by atoms with Gasteiger partial charge in [-0.2, -0.15) is 0 Å². The number of Topliss-reactive ketones (excluding diaryl/α,β-unsaturated/α-hetero) is 1. The SMILES string of the molecule is O=C(N[C@H](Cc1ccccc1)C(=O)O)C(=O)c1c[nH]c2ccc(Cl)cc12. The van der Waals surface area contributed by atoms with Crippen LogP contribution in [0.5, 0.6) is 0 Å². The molecule has 0 radical (unpaired) electrons. The molecule has 0 aliphatic carbocycles. The van der Waals surface area contributed by atoms with E-state index in [0.29, 0.717) is 15.9 Å². The normalized spacial score (nSPS) is 11.9. The number of carbonyl (C=O) groups excluding carboxylic acids is 2. The molecule has 1 atom stereocenters. The maximum atomic E-state index is 12.5. The number of aromatic nitrogens is 1. The van der Waals surface area contributed by atoms with Gasteiger partial charge in [-0.3, -0.25) is 9.59 Å². The number of ketones is 1. The third-order valence-electron chi connectivity index (χ3n) is 3.98. The van der Waals surface area contributed by atoms with Crippen LogP contribution in [0.4, 0.5) is 0 Å². The molecule has 2 aromatic carbocycles. The zero-order chi connectivity index (χ0) is 18.7. The minimum Gasteiger partial charge on any atom is -0.480 e. The first kappa shape index (κ1) is 17.7. The Hall–Kier alpha value is -3.12. The van der Waals surface area contributed by atoms with Crippen molar-refractivity contribution in [2.75, 3.05) is 0 Å². The lowest BCUT2D eigenvalue weighted by atomic mass is 10.0. The molecule has 7 heteroatoms. The molecular formula is C19H15ClN2O4. The number of aromatic amines is 1. The molecule has 6 nitrogen and oxygen atoms in total. The zero-order valence-corrected chi connectivity index (χ0v) is 14.3. The van der Waals surface area contributed by atoms with Crippen molar-refractivity contribution in [2.45, 2.75) is 12.5 Å². The largest absolute Gasteiger partial charge is 0.480 e. The lowest BCUT2D eigenvalue weighted by Crippen LogP contribution is -2.45. The number of H-pyrrole nitrogens is 1. The molecule has 0 fully saturated rings. The van der Waals surface area contributed by atoms with E-state index in [1.165, 1.54) is 6.20 Å². The molecule has 3 rings (SSSR count). The molecule has 1 heterocycles. The third-order valence-corrected chi connectivity index (χ3v) is 4.22. The van der Waals surface area contributed by atoms with Gasteiger partial charge in [0.25, 0.3) is 11.7 Å². The number of nitrogens with one attached hydrogen (secondary N) is 2. The van der Waals surface area contributed by atoms with E-state index in [0.717, 1.165) is 5.56 Å². The highest BCUT2D eigenvalue weighted by molar-refractivity contribution is 6.45. The molecule has 0 aliphatic heterocycles. The summed E-state index contributed by atoms with van der Waals surface area (Å²) in [5.74, 6) is -3.01. The van der Waals surface area contributed by atoms with Gasteiger partial charge < -0.3 is 15.4 Å². The van der Waals surface area contributed by atoms with Gasteiger partial charge in [0.2, 0.25) is 0 Å². The highest BCUT2D eigenvalue weighted by Gasteiger charge is 2.26. The maximum Gasteiger partial charge on any atom is 0.326 e. The molecule has 0 unspecified atom stereocenters. The zero-order valence-electron chi connectivity index (χ0n) is 13.5. The van der Waals surface area contributed by atoms with Crippen LogP contribution in [0.15, 0.2) is 54.7 Å². The molecule has 0 spiro atoms. The van der Waals surface area contributed by atoms with Crippen LogP contribution in [0.2, 0.25) is 5.02 Å². The van der Waals surface area contributed by atoms with Crippen molar-refractivity contribution in [3.8, 4) is 0 Å². The average Bonchev–Trinajstić information content (AvgIpc) is 3.04. The van der Waals surface area contributed by atoms with E-state index in [1.807, 2.05) is 6.07 Å². The number of hydrogen-bond donors (Lipinski definition) is 3. The second-order valence-electron chi connectivity index (χ2n) is 5.78. The fourth-order valence-corrected chi connectivity index (χ4v) is 2.85. The van der Waals surface area contributed by atoms with E-state index < -0.39 is 23.7 Å². The predicted molar refractivity (Wildman–Crippen MR) is 97.4 cm³/mol. The van der Waals surface area contributed by atoms with Gasteiger partial charge in [-0.05, 0) is 23.8 Å². The van der Waals surface area contributed by atoms with Crippen molar-refractivity contribution >= 4 is 40.2 Å². The topological polar surface area (TPSA) is 99.3 Å². The quantitative estimate of drug-likeness (QED) is 0.459. The summed E-state index contributed by atoms with van der Waals surface area (Å²) < 4.78 is 0. The first-order valence-corrected chi connectivity index (χ1v) is 8.22. The Morgan fingerprint density at radius 3 is 2.54 bits per heavy atom. The second kappa shape index (κ2) is 7.41. The van der Waals surface area contributed by atoms with Crippen LogP contribution in [0.1, 0.15) is 15.9 Å². The Balaban J connectivity index is 1.79. The lowest BCUT2D eigenvalue weighted by molar-refractivity contribution is -0.141. The van der Waals surface area contributed by atoms with Crippen LogP contribution in [0, 0.1) is 0 Å². The number of carboxylic acids is 1. The van der Waals surface area contributed by atoms with Gasteiger partial charge in [-0.15, -0.1) is 0 Å². The van der Waals surface area contributed by atoms with Gasteiger partial charge in [0.1, 0.15) is 6.04 Å². The van der Waals surface area contributed by atoms with Crippen molar-refractivity contribution < 1.29 is 19.5 Å². The molecule has 3 aromatic rings. The summed E-state index contributed by atoms with van der Waals surface area (Å²) in [6.45, 7) is 0. The summed E-state index contributed by atoms with van der Waals surface area (Å²) in [7, 11) is 0. The van der Waals surface area contributed by atoms with Gasteiger partial charge in [0, 0.05) is 28.5 Å². The monoisotopic (exact) mass is 370 g/mol. The van der Waals surface area contributed by atoms with E-state index in [9.17, 15) is 19.5 Å². The fraction of sp³-hybridized carbons (Fsp3) is 0.105. The van der Waals surface area contributed by atoms with Gasteiger partial charge in [-0.25, -0.2) is 4.79 Å². The van der Waals surface area contributed by atoms with Gasteiger partial charge >= 0.3 is 5.97 Å². The summed E-state index contributed by atoms with van der Waals surface area (Å²) >= 11 is 5.94. The van der Waals surface area contributed by atoms with E-state index in [2.05, 4.69) is 10.3 Å². The molecule has 1 aromatic heterocycles. The predicted octanol–water partition coefficient (Wildman–Crippen LogP) is 2.82. The van der Waals surface area contributed by atoms with Crippen molar-refractivity contribution in [1.82, 2.24) is 10.3 Å². The molecule has 1 amide bonds. The van der Waals surface area contributed by atoms with Crippen LogP contribution in [-0.4, -0.2) is 33.8 Å². The van der Waals surface area contributed by atoms with Crippen molar-refractivity contribution in [1.29, 1.82) is 0 Å². The van der Waals surface area contributed by atoms with Crippen LogP contribution in [0.3, 0.4) is 0 Å². The first-order chi connectivity index (χ1) is 12.5. The standard InChI is InChI=1S/C19H15ClN2O4/c20-12-6-7-15-13(9-12)14(10-21-15)17(23)18(24)22-16(19(25)26)8-11-4-2-1-3-5-11/h1-7,9-10,16,21H,8H2,(H,22,24)(H,25,26)/t16-/m1/s1. The molecule has 0 bridgehead atoms. The van der Waals surface area contributed by atoms with Crippen LogP contribution >= 0.6 is 11.6 Å². The Morgan fingerprint density at radius 2 is 1.85 bits per heavy atom. The molecule has 3 N–H and O–H groups in total. The first-order valence-electron chi connectivity index (χ1n) is 7.84. The number of hydrogen-bond acceptors (Lipinski definition) is 3. The lowest BCUT2D eigenvalue weighted by Gasteiger charge is -2.14. The number of rotatable bonds is 6. The summed E-state index contributed by atoms with van der Waals surface area (Å²) in [6.07, 6.45) is 1.49. The van der Waals surface area contributed by atoms with Gasteiger partial charge in [0.15, 0.2) is 0 Å². The maximum absolute atomic E-state index is 12.5.